The fourth-order valence-corrected chi connectivity index (χ4v) is 3.49. The number of rotatable bonds is 4. The number of aromatic nitrogens is 2. The molecule has 126 valence electrons. The lowest BCUT2D eigenvalue weighted by molar-refractivity contribution is 0.0912. The molecule has 5 nitrogen and oxygen atoms in total. The molecule has 0 unspecified atom stereocenters. The summed E-state index contributed by atoms with van der Waals surface area (Å²) < 4.78 is 2.14. The standard InChI is InChI=1S/C19H24N4O/c1-14-18-21-17(19(24)20-16-8-5-9-16)13-23(18)11-10-22(14)12-15-6-3-2-4-7-15/h2-4,6-7,13-14,16H,5,8-12H2,1H3,(H,20,24)/t14-/m1/s1. The molecule has 4 rings (SSSR count). The van der Waals surface area contributed by atoms with Crippen molar-refractivity contribution in [3.63, 3.8) is 0 Å². The van der Waals surface area contributed by atoms with Crippen LogP contribution in [-0.2, 0) is 13.1 Å². The normalized spacial score (nSPS) is 21.1. The Morgan fingerprint density at radius 3 is 2.75 bits per heavy atom. The fraction of sp³-hybridized carbons (Fsp3) is 0.474. The predicted octanol–water partition coefficient (Wildman–Crippen LogP) is 2.74. The van der Waals surface area contributed by atoms with E-state index in [0.29, 0.717) is 11.7 Å². The Morgan fingerprint density at radius 1 is 1.25 bits per heavy atom. The third kappa shape index (κ3) is 2.96. The van der Waals surface area contributed by atoms with Gasteiger partial charge in [0.05, 0.1) is 6.04 Å². The average molecular weight is 324 g/mol. The van der Waals surface area contributed by atoms with E-state index in [9.17, 15) is 4.79 Å². The van der Waals surface area contributed by atoms with Crippen LogP contribution in [-0.4, -0.2) is 32.9 Å². The second-order valence-corrected chi connectivity index (χ2v) is 6.91. The van der Waals surface area contributed by atoms with Crippen LogP contribution in [0.3, 0.4) is 0 Å². The number of carbonyl (C=O) groups excluding carboxylic acids is 1. The van der Waals surface area contributed by atoms with Gasteiger partial charge >= 0.3 is 0 Å². The van der Waals surface area contributed by atoms with Crippen LogP contribution in [0.1, 0.15) is 54.1 Å². The van der Waals surface area contributed by atoms with Crippen LogP contribution in [0.4, 0.5) is 0 Å². The molecule has 1 atom stereocenters. The van der Waals surface area contributed by atoms with Crippen molar-refractivity contribution in [2.75, 3.05) is 6.54 Å². The minimum absolute atomic E-state index is 0.0246. The molecular formula is C19H24N4O. The molecule has 1 aliphatic heterocycles. The molecule has 24 heavy (non-hydrogen) atoms. The summed E-state index contributed by atoms with van der Waals surface area (Å²) in [5.74, 6) is 0.972. The largest absolute Gasteiger partial charge is 0.348 e. The van der Waals surface area contributed by atoms with E-state index < -0.39 is 0 Å². The molecule has 2 heterocycles. The molecule has 0 saturated heterocycles. The highest BCUT2D eigenvalue weighted by Crippen LogP contribution is 2.26. The summed E-state index contributed by atoms with van der Waals surface area (Å²) in [6.45, 7) is 4.95. The number of fused-ring (bicyclic) bond motifs is 1. The van der Waals surface area contributed by atoms with Crippen LogP contribution >= 0.6 is 0 Å². The monoisotopic (exact) mass is 324 g/mol. The van der Waals surface area contributed by atoms with Gasteiger partial charge in [0, 0.05) is 31.9 Å². The van der Waals surface area contributed by atoms with Crippen molar-refractivity contribution >= 4 is 5.91 Å². The highest BCUT2D eigenvalue weighted by atomic mass is 16.2. The smallest absolute Gasteiger partial charge is 0.271 e. The first kappa shape index (κ1) is 15.4. The maximum absolute atomic E-state index is 12.3. The Morgan fingerprint density at radius 2 is 2.04 bits per heavy atom. The zero-order valence-corrected chi connectivity index (χ0v) is 14.1. The molecule has 2 aliphatic rings. The van der Waals surface area contributed by atoms with Gasteiger partial charge in [-0.15, -0.1) is 0 Å². The SMILES string of the molecule is C[C@@H]1c2nc(C(=O)NC3CCC3)cn2CCN1Cc1ccccc1. The number of carbonyl (C=O) groups is 1. The highest BCUT2D eigenvalue weighted by Gasteiger charge is 2.28. The van der Waals surface area contributed by atoms with Crippen LogP contribution in [0.2, 0.25) is 0 Å². The predicted molar refractivity (Wildman–Crippen MR) is 92.6 cm³/mol. The van der Waals surface area contributed by atoms with E-state index in [1.807, 2.05) is 12.3 Å². The molecule has 5 heteroatoms. The van der Waals surface area contributed by atoms with Crippen LogP contribution in [0.5, 0.6) is 0 Å². The highest BCUT2D eigenvalue weighted by molar-refractivity contribution is 5.92. The maximum Gasteiger partial charge on any atom is 0.271 e. The number of amides is 1. The molecule has 1 aliphatic carbocycles. The minimum Gasteiger partial charge on any atom is -0.348 e. The molecule has 1 fully saturated rings. The summed E-state index contributed by atoms with van der Waals surface area (Å²) in [6, 6.07) is 11.1. The van der Waals surface area contributed by atoms with Crippen LogP contribution < -0.4 is 5.32 Å². The minimum atomic E-state index is -0.0246. The number of nitrogens with zero attached hydrogens (tertiary/aromatic N) is 3. The second-order valence-electron chi connectivity index (χ2n) is 6.91. The van der Waals surface area contributed by atoms with Gasteiger partial charge in [-0.05, 0) is 31.7 Å². The van der Waals surface area contributed by atoms with Crippen LogP contribution in [0, 0.1) is 0 Å². The van der Waals surface area contributed by atoms with Crippen molar-refractivity contribution in [2.45, 2.75) is 51.4 Å². The van der Waals surface area contributed by atoms with E-state index >= 15 is 0 Å². The van der Waals surface area contributed by atoms with Crippen molar-refractivity contribution in [1.82, 2.24) is 19.8 Å². The summed E-state index contributed by atoms with van der Waals surface area (Å²) in [7, 11) is 0. The Balaban J connectivity index is 1.48. The molecule has 0 bridgehead atoms. The number of hydrogen-bond acceptors (Lipinski definition) is 3. The first-order chi connectivity index (χ1) is 11.7. The Hall–Kier alpha value is -2.14. The molecule has 0 spiro atoms. The van der Waals surface area contributed by atoms with Crippen LogP contribution in [0.15, 0.2) is 36.5 Å². The summed E-state index contributed by atoms with van der Waals surface area (Å²) in [4.78, 5) is 19.4. The first-order valence-corrected chi connectivity index (χ1v) is 8.86. The molecular weight excluding hydrogens is 300 g/mol. The summed E-state index contributed by atoms with van der Waals surface area (Å²) in [5.41, 5.74) is 1.87. The van der Waals surface area contributed by atoms with Gasteiger partial charge in [-0.1, -0.05) is 30.3 Å². The van der Waals surface area contributed by atoms with E-state index in [0.717, 1.165) is 38.3 Å². The van der Waals surface area contributed by atoms with Gasteiger partial charge in [0.15, 0.2) is 0 Å². The number of hydrogen-bond donors (Lipinski definition) is 1. The van der Waals surface area contributed by atoms with Gasteiger partial charge in [0.25, 0.3) is 5.91 Å². The summed E-state index contributed by atoms with van der Waals surface area (Å²) in [5, 5.41) is 3.08. The molecule has 2 aromatic rings. The van der Waals surface area contributed by atoms with E-state index in [4.69, 9.17) is 0 Å². The van der Waals surface area contributed by atoms with Gasteiger partial charge in [0.2, 0.25) is 0 Å². The maximum atomic E-state index is 12.3. The number of nitrogens with one attached hydrogen (secondary N) is 1. The van der Waals surface area contributed by atoms with Gasteiger partial charge < -0.3 is 9.88 Å². The molecule has 1 aromatic carbocycles. The van der Waals surface area contributed by atoms with E-state index in [1.165, 1.54) is 12.0 Å². The third-order valence-electron chi connectivity index (χ3n) is 5.26. The summed E-state index contributed by atoms with van der Waals surface area (Å²) >= 11 is 0. The van der Waals surface area contributed by atoms with Crippen LogP contribution in [0.25, 0.3) is 0 Å². The molecule has 0 radical (unpaired) electrons. The van der Waals surface area contributed by atoms with E-state index in [2.05, 4.69) is 51.0 Å². The number of imidazole rings is 1. The quantitative estimate of drug-likeness (QED) is 0.941. The fourth-order valence-electron chi connectivity index (χ4n) is 3.49. The topological polar surface area (TPSA) is 50.2 Å². The van der Waals surface area contributed by atoms with Crippen molar-refractivity contribution in [1.29, 1.82) is 0 Å². The Bertz CT molecular complexity index is 720. The summed E-state index contributed by atoms with van der Waals surface area (Å²) in [6.07, 6.45) is 5.33. The van der Waals surface area contributed by atoms with Gasteiger partial charge in [-0.2, -0.15) is 0 Å². The Kier molecular flexibility index (Phi) is 4.10. The zero-order valence-electron chi connectivity index (χ0n) is 14.1. The molecule has 1 saturated carbocycles. The zero-order chi connectivity index (χ0) is 16.5. The third-order valence-corrected chi connectivity index (χ3v) is 5.26. The van der Waals surface area contributed by atoms with E-state index in [-0.39, 0.29) is 11.9 Å². The first-order valence-electron chi connectivity index (χ1n) is 8.86. The van der Waals surface area contributed by atoms with E-state index in [1.54, 1.807) is 0 Å². The lowest BCUT2D eigenvalue weighted by atomic mass is 9.93. The van der Waals surface area contributed by atoms with Gasteiger partial charge in [-0.25, -0.2) is 4.98 Å². The Labute approximate surface area is 142 Å². The van der Waals surface area contributed by atoms with Crippen molar-refractivity contribution in [2.24, 2.45) is 0 Å². The second kappa shape index (κ2) is 6.40. The lowest BCUT2D eigenvalue weighted by Gasteiger charge is -2.33. The molecule has 1 amide bonds. The molecule has 1 N–H and O–H groups in total. The lowest BCUT2D eigenvalue weighted by Crippen LogP contribution is -2.39. The van der Waals surface area contributed by atoms with Gasteiger partial charge in [0.1, 0.15) is 11.5 Å². The molecule has 1 aromatic heterocycles. The van der Waals surface area contributed by atoms with Crippen molar-refractivity contribution in [3.05, 3.63) is 53.6 Å². The average Bonchev–Trinajstić information content (AvgIpc) is 3.00. The van der Waals surface area contributed by atoms with Crippen molar-refractivity contribution in [3.8, 4) is 0 Å². The van der Waals surface area contributed by atoms with Crippen molar-refractivity contribution < 1.29 is 4.79 Å². The van der Waals surface area contributed by atoms with Gasteiger partial charge in [-0.3, -0.25) is 9.69 Å². The number of benzene rings is 1.